The predicted molar refractivity (Wildman–Crippen MR) is 110 cm³/mol. The van der Waals surface area contributed by atoms with Gasteiger partial charge in [-0.2, -0.15) is 13.2 Å². The Labute approximate surface area is 185 Å². The highest BCUT2D eigenvalue weighted by atomic mass is 19.4. The second-order valence-electron chi connectivity index (χ2n) is 9.43. The summed E-state index contributed by atoms with van der Waals surface area (Å²) < 4.78 is 38.7. The number of likely N-dealkylation sites (tertiary alicyclic amines) is 1. The van der Waals surface area contributed by atoms with Gasteiger partial charge in [0, 0.05) is 19.5 Å². The molecule has 0 atom stereocenters. The lowest BCUT2D eigenvalue weighted by Gasteiger charge is -2.59. The SMILES string of the molecule is CC(=O)N1CC2(C1)C(=O)N([C@H]1CC[C@H](C)CC1)CC(=O)N2Cc1ccc(C(F)(F)F)cc1. The number of hydrogen-bond donors (Lipinski definition) is 0. The van der Waals surface area contributed by atoms with Crippen molar-refractivity contribution in [3.8, 4) is 0 Å². The third-order valence-electron chi connectivity index (χ3n) is 7.18. The number of amides is 3. The molecular weight excluding hydrogens is 423 g/mol. The van der Waals surface area contributed by atoms with Gasteiger partial charge in [0.2, 0.25) is 11.8 Å². The second-order valence-corrected chi connectivity index (χ2v) is 9.43. The maximum atomic E-state index is 13.7. The quantitative estimate of drug-likeness (QED) is 0.710. The van der Waals surface area contributed by atoms with Crippen molar-refractivity contribution < 1.29 is 27.6 Å². The number of hydrogen-bond acceptors (Lipinski definition) is 3. The Hall–Kier alpha value is -2.58. The summed E-state index contributed by atoms with van der Waals surface area (Å²) in [7, 11) is 0. The first-order chi connectivity index (χ1) is 15.0. The van der Waals surface area contributed by atoms with E-state index in [1.54, 1.807) is 4.90 Å². The highest BCUT2D eigenvalue weighted by Gasteiger charge is 2.60. The Bertz CT molecular complexity index is 901. The van der Waals surface area contributed by atoms with Crippen LogP contribution in [-0.4, -0.2) is 63.6 Å². The zero-order valence-corrected chi connectivity index (χ0v) is 18.3. The van der Waals surface area contributed by atoms with Gasteiger partial charge in [0.1, 0.15) is 6.54 Å². The lowest BCUT2D eigenvalue weighted by atomic mass is 9.80. The minimum absolute atomic E-state index is 0.0131. The maximum absolute atomic E-state index is 13.7. The molecule has 3 aliphatic rings. The van der Waals surface area contributed by atoms with E-state index in [-0.39, 0.29) is 49.9 Å². The van der Waals surface area contributed by atoms with E-state index in [4.69, 9.17) is 0 Å². The Kier molecular flexibility index (Phi) is 5.71. The highest BCUT2D eigenvalue weighted by Crippen LogP contribution is 2.38. The molecule has 1 spiro atoms. The number of benzene rings is 1. The fraction of sp³-hybridized carbons (Fsp3) is 0.609. The molecule has 3 fully saturated rings. The van der Waals surface area contributed by atoms with Crippen LogP contribution in [0.15, 0.2) is 24.3 Å². The molecule has 32 heavy (non-hydrogen) atoms. The first kappa shape index (κ1) is 22.6. The molecule has 0 bridgehead atoms. The van der Waals surface area contributed by atoms with Crippen LogP contribution in [0.4, 0.5) is 13.2 Å². The zero-order chi connectivity index (χ0) is 23.3. The highest BCUT2D eigenvalue weighted by molar-refractivity contribution is 6.00. The summed E-state index contributed by atoms with van der Waals surface area (Å²) in [6.45, 7) is 3.84. The normalized spacial score (nSPS) is 25.8. The van der Waals surface area contributed by atoms with Gasteiger partial charge in [-0.1, -0.05) is 19.1 Å². The van der Waals surface area contributed by atoms with E-state index < -0.39 is 17.3 Å². The Balaban J connectivity index is 1.58. The van der Waals surface area contributed by atoms with Gasteiger partial charge in [-0.05, 0) is 49.3 Å². The van der Waals surface area contributed by atoms with Gasteiger partial charge in [-0.25, -0.2) is 0 Å². The third kappa shape index (κ3) is 3.97. The summed E-state index contributed by atoms with van der Waals surface area (Å²) in [5, 5.41) is 0. The van der Waals surface area contributed by atoms with Crippen molar-refractivity contribution in [3.05, 3.63) is 35.4 Å². The summed E-state index contributed by atoms with van der Waals surface area (Å²) in [6, 6.07) is 4.65. The molecule has 174 valence electrons. The van der Waals surface area contributed by atoms with E-state index in [0.717, 1.165) is 37.8 Å². The monoisotopic (exact) mass is 451 g/mol. The molecule has 1 aliphatic carbocycles. The van der Waals surface area contributed by atoms with E-state index in [0.29, 0.717) is 11.5 Å². The molecule has 1 saturated carbocycles. The van der Waals surface area contributed by atoms with Gasteiger partial charge in [0.05, 0.1) is 18.7 Å². The average Bonchev–Trinajstić information content (AvgIpc) is 2.69. The Morgan fingerprint density at radius 1 is 1.06 bits per heavy atom. The summed E-state index contributed by atoms with van der Waals surface area (Å²) >= 11 is 0. The van der Waals surface area contributed by atoms with Gasteiger partial charge < -0.3 is 14.7 Å². The maximum Gasteiger partial charge on any atom is 0.416 e. The Morgan fingerprint density at radius 2 is 1.66 bits per heavy atom. The van der Waals surface area contributed by atoms with Crippen LogP contribution in [-0.2, 0) is 27.1 Å². The van der Waals surface area contributed by atoms with Gasteiger partial charge in [0.15, 0.2) is 5.54 Å². The third-order valence-corrected chi connectivity index (χ3v) is 7.18. The lowest BCUT2D eigenvalue weighted by molar-refractivity contribution is -0.185. The van der Waals surface area contributed by atoms with Crippen molar-refractivity contribution in [2.75, 3.05) is 19.6 Å². The molecule has 9 heteroatoms. The largest absolute Gasteiger partial charge is 0.416 e. The predicted octanol–water partition coefficient (Wildman–Crippen LogP) is 3.06. The van der Waals surface area contributed by atoms with Crippen molar-refractivity contribution in [2.45, 2.75) is 63.8 Å². The van der Waals surface area contributed by atoms with E-state index in [1.807, 2.05) is 0 Å². The fourth-order valence-electron chi connectivity index (χ4n) is 5.11. The lowest BCUT2D eigenvalue weighted by Crippen LogP contribution is -2.81. The van der Waals surface area contributed by atoms with Crippen molar-refractivity contribution in [1.29, 1.82) is 0 Å². The van der Waals surface area contributed by atoms with Gasteiger partial charge in [-0.3, -0.25) is 14.4 Å². The zero-order valence-electron chi connectivity index (χ0n) is 18.3. The first-order valence-electron chi connectivity index (χ1n) is 11.0. The van der Waals surface area contributed by atoms with Crippen molar-refractivity contribution >= 4 is 17.7 Å². The number of halogens is 3. The molecule has 1 aromatic carbocycles. The van der Waals surface area contributed by atoms with Crippen LogP contribution in [0.5, 0.6) is 0 Å². The number of carbonyl (C=O) groups excluding carboxylic acids is 3. The molecule has 2 aliphatic heterocycles. The molecule has 6 nitrogen and oxygen atoms in total. The average molecular weight is 451 g/mol. The molecule has 4 rings (SSSR count). The van der Waals surface area contributed by atoms with Crippen molar-refractivity contribution in [2.24, 2.45) is 5.92 Å². The minimum atomic E-state index is -4.44. The summed E-state index contributed by atoms with van der Waals surface area (Å²) in [5.41, 5.74) is -1.40. The molecule has 3 amide bonds. The van der Waals surface area contributed by atoms with Crippen molar-refractivity contribution in [1.82, 2.24) is 14.7 Å². The first-order valence-corrected chi connectivity index (χ1v) is 11.0. The van der Waals surface area contributed by atoms with E-state index in [1.165, 1.54) is 28.9 Å². The molecule has 1 aromatic rings. The van der Waals surface area contributed by atoms with E-state index >= 15 is 0 Å². The summed E-state index contributed by atoms with van der Waals surface area (Å²) in [6.07, 6.45) is -0.725. The van der Waals surface area contributed by atoms with Crippen LogP contribution in [0.2, 0.25) is 0 Å². The van der Waals surface area contributed by atoms with Gasteiger partial charge >= 0.3 is 6.18 Å². The van der Waals surface area contributed by atoms with E-state index in [2.05, 4.69) is 6.92 Å². The molecular formula is C23H28F3N3O3. The van der Waals surface area contributed by atoms with Crippen LogP contribution in [0.1, 0.15) is 50.7 Å². The van der Waals surface area contributed by atoms with Crippen molar-refractivity contribution in [3.63, 3.8) is 0 Å². The second kappa shape index (κ2) is 8.08. The number of rotatable bonds is 3. The van der Waals surface area contributed by atoms with E-state index in [9.17, 15) is 27.6 Å². The fourth-order valence-corrected chi connectivity index (χ4v) is 5.11. The molecule has 2 heterocycles. The van der Waals surface area contributed by atoms with Gasteiger partial charge in [0.25, 0.3) is 5.91 Å². The van der Waals surface area contributed by atoms with Crippen LogP contribution in [0.25, 0.3) is 0 Å². The summed E-state index contributed by atoms with van der Waals surface area (Å²) in [5.74, 6) is 0.0465. The number of piperazine rings is 1. The minimum Gasteiger partial charge on any atom is -0.337 e. The topological polar surface area (TPSA) is 60.9 Å². The number of carbonyl (C=O) groups is 3. The van der Waals surface area contributed by atoms with Crippen LogP contribution in [0.3, 0.4) is 0 Å². The molecule has 0 aromatic heterocycles. The molecule has 0 unspecified atom stereocenters. The molecule has 0 radical (unpaired) electrons. The number of alkyl halides is 3. The smallest absolute Gasteiger partial charge is 0.337 e. The Morgan fingerprint density at radius 3 is 2.19 bits per heavy atom. The number of nitrogens with zero attached hydrogens (tertiary/aromatic N) is 3. The molecule has 2 saturated heterocycles. The summed E-state index contributed by atoms with van der Waals surface area (Å²) in [4.78, 5) is 43.4. The van der Waals surface area contributed by atoms with Crippen LogP contribution < -0.4 is 0 Å². The van der Waals surface area contributed by atoms with Crippen LogP contribution >= 0.6 is 0 Å². The van der Waals surface area contributed by atoms with Gasteiger partial charge in [-0.15, -0.1) is 0 Å². The van der Waals surface area contributed by atoms with Crippen LogP contribution in [0, 0.1) is 5.92 Å². The molecule has 0 N–H and O–H groups in total. The standard InChI is InChI=1S/C23H28F3N3O3/c1-15-3-9-19(10-4-15)28-12-20(31)29(22(21(28)32)13-27(14-22)16(2)30)11-17-5-7-18(8-6-17)23(24,25)26/h5-8,15,19H,3-4,9-14H2,1-2H3/t15-,19-.